The number of aliphatic hydroxyl groups excluding tert-OH is 2. The first kappa shape index (κ1) is 15.7. The fraction of sp³-hybridized carbons (Fsp3) is 0.867. The Bertz CT molecular complexity index is 294. The third kappa shape index (κ3) is 4.08. The van der Waals surface area contributed by atoms with Gasteiger partial charge in [0.15, 0.2) is 0 Å². The normalized spacial score (nSPS) is 42.3. The van der Waals surface area contributed by atoms with Crippen molar-refractivity contribution in [2.24, 2.45) is 11.3 Å². The van der Waals surface area contributed by atoms with Gasteiger partial charge < -0.3 is 15.3 Å². The quantitative estimate of drug-likeness (QED) is 0.583. The molecule has 1 rings (SSSR count). The van der Waals surface area contributed by atoms with Crippen molar-refractivity contribution in [1.82, 2.24) is 0 Å². The third-order valence-corrected chi connectivity index (χ3v) is 4.25. The second-order valence-corrected chi connectivity index (χ2v) is 6.66. The van der Waals surface area contributed by atoms with Gasteiger partial charge in [-0.05, 0) is 38.5 Å². The van der Waals surface area contributed by atoms with Crippen LogP contribution in [0.2, 0.25) is 0 Å². The van der Waals surface area contributed by atoms with Crippen LogP contribution in [0.1, 0.15) is 53.4 Å². The Labute approximate surface area is 111 Å². The lowest BCUT2D eigenvalue weighted by Gasteiger charge is -2.32. The van der Waals surface area contributed by atoms with Gasteiger partial charge in [-0.3, -0.25) is 0 Å². The van der Waals surface area contributed by atoms with Gasteiger partial charge in [-0.1, -0.05) is 32.9 Å². The van der Waals surface area contributed by atoms with Crippen molar-refractivity contribution in [1.29, 1.82) is 0 Å². The Balaban J connectivity index is 2.88. The summed E-state index contributed by atoms with van der Waals surface area (Å²) in [5.74, 6) is 0.347. The van der Waals surface area contributed by atoms with Crippen molar-refractivity contribution < 1.29 is 15.3 Å². The monoisotopic (exact) mass is 256 g/mol. The molecular formula is C15H28O3. The van der Waals surface area contributed by atoms with Crippen LogP contribution >= 0.6 is 0 Å². The summed E-state index contributed by atoms with van der Waals surface area (Å²) in [6.07, 6.45) is 5.30. The summed E-state index contributed by atoms with van der Waals surface area (Å²) in [5.41, 5.74) is -1.40. The van der Waals surface area contributed by atoms with E-state index in [2.05, 4.69) is 19.1 Å². The van der Waals surface area contributed by atoms with Crippen LogP contribution in [0.5, 0.6) is 0 Å². The number of hydrogen-bond acceptors (Lipinski definition) is 3. The predicted molar refractivity (Wildman–Crippen MR) is 73.2 cm³/mol. The summed E-state index contributed by atoms with van der Waals surface area (Å²) in [5, 5.41) is 30.5. The van der Waals surface area contributed by atoms with Crippen molar-refractivity contribution in [3.63, 3.8) is 0 Å². The van der Waals surface area contributed by atoms with Crippen molar-refractivity contribution in [3.8, 4) is 0 Å². The van der Waals surface area contributed by atoms with Crippen molar-refractivity contribution in [3.05, 3.63) is 12.2 Å². The first-order valence-electron chi connectivity index (χ1n) is 6.93. The Morgan fingerprint density at radius 1 is 1.00 bits per heavy atom. The van der Waals surface area contributed by atoms with Crippen LogP contribution in [-0.4, -0.2) is 33.1 Å². The Kier molecular flexibility index (Phi) is 4.98. The highest BCUT2D eigenvalue weighted by molar-refractivity contribution is 5.02. The summed E-state index contributed by atoms with van der Waals surface area (Å²) in [7, 11) is 0. The van der Waals surface area contributed by atoms with Crippen molar-refractivity contribution in [2.75, 3.05) is 0 Å². The Morgan fingerprint density at radius 2 is 1.61 bits per heavy atom. The van der Waals surface area contributed by atoms with E-state index in [1.54, 1.807) is 6.92 Å². The van der Waals surface area contributed by atoms with E-state index >= 15 is 0 Å². The average Bonchev–Trinajstić information content (AvgIpc) is 2.30. The molecule has 0 amide bonds. The number of aliphatic hydroxyl groups is 3. The van der Waals surface area contributed by atoms with E-state index in [9.17, 15) is 15.3 Å². The molecule has 0 heterocycles. The maximum Gasteiger partial charge on any atom is 0.0878 e. The fourth-order valence-electron chi connectivity index (χ4n) is 2.32. The highest BCUT2D eigenvalue weighted by Crippen LogP contribution is 2.31. The van der Waals surface area contributed by atoms with Crippen molar-refractivity contribution in [2.45, 2.75) is 71.2 Å². The highest BCUT2D eigenvalue weighted by Gasteiger charge is 2.34. The number of rotatable bonds is 0. The van der Waals surface area contributed by atoms with Gasteiger partial charge in [-0.25, -0.2) is 0 Å². The smallest absolute Gasteiger partial charge is 0.0878 e. The first-order chi connectivity index (χ1) is 8.15. The van der Waals surface area contributed by atoms with Crippen LogP contribution in [-0.2, 0) is 0 Å². The first-order valence-corrected chi connectivity index (χ1v) is 6.93. The molecule has 4 atom stereocenters. The van der Waals surface area contributed by atoms with E-state index in [0.717, 1.165) is 6.42 Å². The molecule has 0 bridgehead atoms. The molecule has 0 saturated carbocycles. The zero-order valence-electron chi connectivity index (χ0n) is 12.1. The van der Waals surface area contributed by atoms with E-state index in [-0.39, 0.29) is 5.41 Å². The minimum Gasteiger partial charge on any atom is -0.392 e. The van der Waals surface area contributed by atoms with Crippen molar-refractivity contribution >= 4 is 0 Å². The molecule has 0 aromatic rings. The molecule has 3 nitrogen and oxygen atoms in total. The lowest BCUT2D eigenvalue weighted by molar-refractivity contribution is -0.0804. The molecule has 3 heteroatoms. The zero-order chi connectivity index (χ0) is 14.0. The van der Waals surface area contributed by atoms with Crippen LogP contribution in [0.15, 0.2) is 12.2 Å². The lowest BCUT2D eigenvalue weighted by Crippen LogP contribution is -2.41. The van der Waals surface area contributed by atoms with E-state index in [1.807, 2.05) is 13.8 Å². The zero-order valence-corrected chi connectivity index (χ0v) is 12.1. The topological polar surface area (TPSA) is 60.7 Å². The molecule has 4 unspecified atom stereocenters. The van der Waals surface area contributed by atoms with E-state index < -0.39 is 17.8 Å². The van der Waals surface area contributed by atoms with E-state index in [4.69, 9.17) is 0 Å². The van der Waals surface area contributed by atoms with Gasteiger partial charge in [0.25, 0.3) is 0 Å². The second-order valence-electron chi connectivity index (χ2n) is 6.66. The van der Waals surface area contributed by atoms with E-state index in [0.29, 0.717) is 25.2 Å². The molecule has 0 fully saturated rings. The number of allylic oxidation sites excluding steroid dienone is 1. The summed E-state index contributed by atoms with van der Waals surface area (Å²) in [4.78, 5) is 0. The molecule has 0 radical (unpaired) electrons. The van der Waals surface area contributed by atoms with Gasteiger partial charge in [0.05, 0.1) is 17.8 Å². The molecule has 3 N–H and O–H groups in total. The molecule has 0 aromatic carbocycles. The summed E-state index contributed by atoms with van der Waals surface area (Å²) >= 11 is 0. The van der Waals surface area contributed by atoms with Gasteiger partial charge in [0, 0.05) is 5.41 Å². The van der Waals surface area contributed by atoms with Crippen LogP contribution < -0.4 is 0 Å². The van der Waals surface area contributed by atoms with Gasteiger partial charge in [0.1, 0.15) is 0 Å². The maximum atomic E-state index is 10.2. The van der Waals surface area contributed by atoms with Gasteiger partial charge in [-0.2, -0.15) is 0 Å². The summed E-state index contributed by atoms with van der Waals surface area (Å²) in [6.45, 7) is 7.76. The lowest BCUT2D eigenvalue weighted by atomic mass is 9.81. The molecule has 0 saturated heterocycles. The Hall–Kier alpha value is -0.380. The van der Waals surface area contributed by atoms with Gasteiger partial charge in [0.2, 0.25) is 0 Å². The third-order valence-electron chi connectivity index (χ3n) is 4.25. The average molecular weight is 256 g/mol. The standard InChI is InChI=1S/C15H28O3/c1-11-5-6-13(17)15(4,18)10-8-12(16)14(2,3)9-7-11/h7,9,11-13,16-18H,5-6,8,10H2,1-4H3. The molecule has 0 aromatic heterocycles. The van der Waals surface area contributed by atoms with Crippen LogP contribution in [0.25, 0.3) is 0 Å². The largest absolute Gasteiger partial charge is 0.392 e. The maximum absolute atomic E-state index is 10.2. The van der Waals surface area contributed by atoms with Crippen LogP contribution in [0.4, 0.5) is 0 Å². The minimum absolute atomic E-state index is 0.292. The molecule has 0 spiro atoms. The SMILES string of the molecule is CC1C=CC(C)(C)C(O)CCC(C)(O)C(O)CC1. The summed E-state index contributed by atoms with van der Waals surface area (Å²) in [6, 6.07) is 0. The molecule has 1 aliphatic carbocycles. The highest BCUT2D eigenvalue weighted by atomic mass is 16.3. The molecule has 1 aliphatic rings. The number of hydrogen-bond donors (Lipinski definition) is 3. The minimum atomic E-state index is -1.11. The molecule has 0 aliphatic heterocycles. The predicted octanol–water partition coefficient (Wildman–Crippen LogP) is 2.25. The molecule has 106 valence electrons. The molecular weight excluding hydrogens is 228 g/mol. The molecule has 18 heavy (non-hydrogen) atoms. The second kappa shape index (κ2) is 5.72. The fourth-order valence-corrected chi connectivity index (χ4v) is 2.32. The summed E-state index contributed by atoms with van der Waals surface area (Å²) < 4.78 is 0. The van der Waals surface area contributed by atoms with Gasteiger partial charge >= 0.3 is 0 Å². The Morgan fingerprint density at radius 3 is 2.22 bits per heavy atom. The van der Waals surface area contributed by atoms with Gasteiger partial charge in [-0.15, -0.1) is 0 Å². The van der Waals surface area contributed by atoms with Crippen LogP contribution in [0, 0.1) is 11.3 Å². The van der Waals surface area contributed by atoms with E-state index in [1.165, 1.54) is 0 Å². The van der Waals surface area contributed by atoms with Crippen LogP contribution in [0.3, 0.4) is 0 Å².